The van der Waals surface area contributed by atoms with E-state index in [0.29, 0.717) is 6.54 Å². The minimum Gasteiger partial charge on any atom is -0.494 e. The van der Waals surface area contributed by atoms with Gasteiger partial charge in [0.15, 0.2) is 11.6 Å². The third-order valence-electron chi connectivity index (χ3n) is 6.38. The standard InChI is InChI=1S/C23H30FN3O2/c1-29-21-8-7-19(13-20(21)24)14-25-22(28)27-12-10-23(17-27)9-11-26(16-23)15-18-5-3-2-4-6-18/h3,5-8,13H,2,4,9-12,14-17H2,1H3,(H,25,28). The van der Waals surface area contributed by atoms with E-state index in [1.165, 1.54) is 18.7 Å². The number of hydrogen-bond donors (Lipinski definition) is 1. The van der Waals surface area contributed by atoms with Crippen molar-refractivity contribution in [2.24, 2.45) is 5.41 Å². The van der Waals surface area contributed by atoms with Gasteiger partial charge in [-0.15, -0.1) is 0 Å². The van der Waals surface area contributed by atoms with Crippen LogP contribution in [0.2, 0.25) is 0 Å². The molecule has 1 aromatic carbocycles. The Morgan fingerprint density at radius 2 is 2.10 bits per heavy atom. The van der Waals surface area contributed by atoms with Crippen molar-refractivity contribution in [3.63, 3.8) is 0 Å². The number of urea groups is 1. The summed E-state index contributed by atoms with van der Waals surface area (Å²) in [5.41, 5.74) is 2.38. The lowest BCUT2D eigenvalue weighted by Crippen LogP contribution is -2.40. The topological polar surface area (TPSA) is 44.8 Å². The highest BCUT2D eigenvalue weighted by molar-refractivity contribution is 5.74. The van der Waals surface area contributed by atoms with Gasteiger partial charge in [-0.3, -0.25) is 4.90 Å². The second-order valence-corrected chi connectivity index (χ2v) is 8.52. The Morgan fingerprint density at radius 3 is 2.86 bits per heavy atom. The minimum atomic E-state index is -0.409. The lowest BCUT2D eigenvalue weighted by Gasteiger charge is -2.25. The first-order valence-electron chi connectivity index (χ1n) is 10.5. The summed E-state index contributed by atoms with van der Waals surface area (Å²) in [5.74, 6) is -0.194. The SMILES string of the molecule is COc1ccc(CNC(=O)N2CCC3(CCN(CC4=CCCC=C4)C3)C2)cc1F. The molecule has 2 saturated heterocycles. The first-order valence-corrected chi connectivity index (χ1v) is 10.5. The van der Waals surface area contributed by atoms with Crippen LogP contribution in [-0.4, -0.2) is 55.7 Å². The number of allylic oxidation sites excluding steroid dienone is 2. The Balaban J connectivity index is 1.27. The average molecular weight is 400 g/mol. The summed E-state index contributed by atoms with van der Waals surface area (Å²) in [6.07, 6.45) is 11.4. The molecule has 0 bridgehead atoms. The number of nitrogens with one attached hydrogen (secondary N) is 1. The van der Waals surface area contributed by atoms with E-state index in [2.05, 4.69) is 28.4 Å². The van der Waals surface area contributed by atoms with Crippen LogP contribution in [0.25, 0.3) is 0 Å². The van der Waals surface area contributed by atoms with Crippen molar-refractivity contribution in [3.8, 4) is 5.75 Å². The highest BCUT2D eigenvalue weighted by Gasteiger charge is 2.44. The van der Waals surface area contributed by atoms with Gasteiger partial charge < -0.3 is 15.0 Å². The molecule has 2 aliphatic heterocycles. The van der Waals surface area contributed by atoms with Crippen molar-refractivity contribution in [1.82, 2.24) is 15.1 Å². The van der Waals surface area contributed by atoms with Crippen molar-refractivity contribution in [2.75, 3.05) is 39.8 Å². The number of amides is 2. The Labute approximate surface area is 172 Å². The van der Waals surface area contributed by atoms with Gasteiger partial charge in [0.25, 0.3) is 0 Å². The number of benzene rings is 1. The van der Waals surface area contributed by atoms with E-state index in [0.717, 1.165) is 64.0 Å². The summed E-state index contributed by atoms with van der Waals surface area (Å²) in [5, 5.41) is 2.94. The van der Waals surface area contributed by atoms with Gasteiger partial charge in [0.05, 0.1) is 7.11 Å². The molecule has 6 heteroatoms. The number of likely N-dealkylation sites (tertiary alicyclic amines) is 2. The Hall–Kier alpha value is -2.34. The summed E-state index contributed by atoms with van der Waals surface area (Å²) in [6.45, 7) is 5.10. The van der Waals surface area contributed by atoms with Crippen molar-refractivity contribution in [3.05, 3.63) is 53.4 Å². The van der Waals surface area contributed by atoms with Crippen molar-refractivity contribution >= 4 is 6.03 Å². The fraction of sp³-hybridized carbons (Fsp3) is 0.522. The summed E-state index contributed by atoms with van der Waals surface area (Å²) in [7, 11) is 1.44. The number of carbonyl (C=O) groups excluding carboxylic acids is 1. The number of carbonyl (C=O) groups is 1. The molecule has 2 heterocycles. The Bertz CT molecular complexity index is 822. The molecule has 5 nitrogen and oxygen atoms in total. The van der Waals surface area contributed by atoms with Crippen molar-refractivity contribution in [1.29, 1.82) is 0 Å². The van der Waals surface area contributed by atoms with Crippen LogP contribution >= 0.6 is 0 Å². The molecule has 1 aliphatic carbocycles. The van der Waals surface area contributed by atoms with E-state index < -0.39 is 5.82 Å². The average Bonchev–Trinajstić information content (AvgIpc) is 3.33. The molecule has 2 fully saturated rings. The Kier molecular flexibility index (Phi) is 5.90. The molecule has 2 amide bonds. The number of hydrogen-bond acceptors (Lipinski definition) is 3. The molecule has 0 saturated carbocycles. The predicted octanol–water partition coefficient (Wildman–Crippen LogP) is 3.72. The van der Waals surface area contributed by atoms with Crippen LogP contribution in [0.4, 0.5) is 9.18 Å². The van der Waals surface area contributed by atoms with E-state index in [1.807, 2.05) is 4.90 Å². The molecule has 1 atom stereocenters. The van der Waals surface area contributed by atoms with E-state index >= 15 is 0 Å². The van der Waals surface area contributed by atoms with E-state index in [9.17, 15) is 9.18 Å². The van der Waals surface area contributed by atoms with Gasteiger partial charge in [-0.25, -0.2) is 9.18 Å². The molecule has 0 aromatic heterocycles. The monoisotopic (exact) mass is 399 g/mol. The first-order chi connectivity index (χ1) is 14.1. The molecule has 0 radical (unpaired) electrons. The lowest BCUT2D eigenvalue weighted by molar-refractivity contribution is 0.198. The van der Waals surface area contributed by atoms with Crippen LogP contribution in [0.1, 0.15) is 31.2 Å². The molecule has 1 N–H and O–H groups in total. The number of ether oxygens (including phenoxy) is 1. The third-order valence-corrected chi connectivity index (χ3v) is 6.38. The molecular weight excluding hydrogens is 369 g/mol. The van der Waals surface area contributed by atoms with Gasteiger partial charge in [-0.1, -0.05) is 24.3 Å². The summed E-state index contributed by atoms with van der Waals surface area (Å²) in [6, 6.07) is 4.71. The highest BCUT2D eigenvalue weighted by Crippen LogP contribution is 2.39. The Morgan fingerprint density at radius 1 is 1.24 bits per heavy atom. The van der Waals surface area contributed by atoms with Crippen LogP contribution in [0.15, 0.2) is 42.0 Å². The molecule has 1 spiro atoms. The summed E-state index contributed by atoms with van der Waals surface area (Å²) < 4.78 is 18.8. The molecule has 3 aliphatic rings. The summed E-state index contributed by atoms with van der Waals surface area (Å²) >= 11 is 0. The van der Waals surface area contributed by atoms with Gasteiger partial charge in [-0.2, -0.15) is 0 Å². The minimum absolute atomic E-state index is 0.0607. The maximum Gasteiger partial charge on any atom is 0.317 e. The molecule has 156 valence electrons. The van der Waals surface area contributed by atoms with Crippen molar-refractivity contribution in [2.45, 2.75) is 32.2 Å². The maximum atomic E-state index is 13.8. The van der Waals surface area contributed by atoms with Crippen LogP contribution in [0.3, 0.4) is 0 Å². The van der Waals surface area contributed by atoms with Crippen LogP contribution in [0, 0.1) is 11.2 Å². The smallest absolute Gasteiger partial charge is 0.317 e. The third kappa shape index (κ3) is 4.64. The van der Waals surface area contributed by atoms with Gasteiger partial charge in [0.1, 0.15) is 0 Å². The quantitative estimate of drug-likeness (QED) is 0.821. The van der Waals surface area contributed by atoms with Crippen LogP contribution in [-0.2, 0) is 6.54 Å². The molecule has 1 aromatic rings. The van der Waals surface area contributed by atoms with Gasteiger partial charge in [0, 0.05) is 38.1 Å². The first kappa shape index (κ1) is 20.0. The zero-order valence-corrected chi connectivity index (χ0v) is 17.1. The van der Waals surface area contributed by atoms with Crippen LogP contribution < -0.4 is 10.1 Å². The van der Waals surface area contributed by atoms with E-state index in [-0.39, 0.29) is 17.2 Å². The normalized spacial score (nSPS) is 24.2. The largest absolute Gasteiger partial charge is 0.494 e. The molecule has 4 rings (SSSR count). The van der Waals surface area contributed by atoms with Gasteiger partial charge >= 0.3 is 6.03 Å². The number of methoxy groups -OCH3 is 1. The molecule has 29 heavy (non-hydrogen) atoms. The predicted molar refractivity (Wildman–Crippen MR) is 111 cm³/mol. The van der Waals surface area contributed by atoms with E-state index in [4.69, 9.17) is 4.74 Å². The fourth-order valence-corrected chi connectivity index (χ4v) is 4.76. The van der Waals surface area contributed by atoms with Crippen LogP contribution in [0.5, 0.6) is 5.75 Å². The number of nitrogens with zero attached hydrogens (tertiary/aromatic N) is 2. The zero-order valence-electron chi connectivity index (χ0n) is 17.1. The fourth-order valence-electron chi connectivity index (χ4n) is 4.76. The van der Waals surface area contributed by atoms with E-state index in [1.54, 1.807) is 12.1 Å². The van der Waals surface area contributed by atoms with Gasteiger partial charge in [0.2, 0.25) is 0 Å². The maximum absolute atomic E-state index is 13.8. The highest BCUT2D eigenvalue weighted by atomic mass is 19.1. The number of halogens is 1. The second-order valence-electron chi connectivity index (χ2n) is 8.52. The zero-order chi connectivity index (χ0) is 20.3. The summed E-state index contributed by atoms with van der Waals surface area (Å²) in [4.78, 5) is 17.1. The molecular formula is C23H30FN3O2. The van der Waals surface area contributed by atoms with Crippen molar-refractivity contribution < 1.29 is 13.9 Å². The number of rotatable bonds is 5. The van der Waals surface area contributed by atoms with Gasteiger partial charge in [-0.05, 0) is 55.5 Å². The molecule has 1 unspecified atom stereocenters. The lowest BCUT2D eigenvalue weighted by atomic mass is 9.86. The second kappa shape index (κ2) is 8.57.